The molecule has 0 saturated carbocycles. The largest absolute Gasteiger partial charge is 0.455 e. The van der Waals surface area contributed by atoms with Crippen molar-refractivity contribution in [3.05, 3.63) is 46.7 Å². The smallest absolute Gasteiger partial charge is 0.158 e. The lowest BCUT2D eigenvalue weighted by Crippen LogP contribution is -2.89. The molecular formula is C16H21ClNO2+. The maximum Gasteiger partial charge on any atom is 0.158 e. The van der Waals surface area contributed by atoms with Crippen molar-refractivity contribution in [1.29, 1.82) is 0 Å². The Morgan fingerprint density at radius 1 is 1.30 bits per heavy atom. The zero-order valence-corrected chi connectivity index (χ0v) is 12.7. The molecule has 2 aromatic rings. The van der Waals surface area contributed by atoms with Crippen LogP contribution in [0.3, 0.4) is 0 Å². The highest BCUT2D eigenvalue weighted by atomic mass is 35.5. The average Bonchev–Trinajstić information content (AvgIpc) is 2.92. The molecule has 3 N–H and O–H groups in total. The molecule has 0 spiro atoms. The van der Waals surface area contributed by atoms with Gasteiger partial charge in [0.1, 0.15) is 18.3 Å². The van der Waals surface area contributed by atoms with E-state index in [1.54, 1.807) is 0 Å². The number of rotatable bonds is 6. The summed E-state index contributed by atoms with van der Waals surface area (Å²) in [5.41, 5.74) is 2.05. The van der Waals surface area contributed by atoms with Gasteiger partial charge < -0.3 is 14.8 Å². The first-order chi connectivity index (χ1) is 9.65. The van der Waals surface area contributed by atoms with Gasteiger partial charge in [0.2, 0.25) is 0 Å². The molecule has 20 heavy (non-hydrogen) atoms. The summed E-state index contributed by atoms with van der Waals surface area (Å²) in [7, 11) is 0. The first-order valence-corrected chi connectivity index (χ1v) is 7.31. The number of halogens is 1. The number of quaternary nitrogens is 1. The normalized spacial score (nSPS) is 12.6. The molecular weight excluding hydrogens is 274 g/mol. The highest BCUT2D eigenvalue weighted by Crippen LogP contribution is 2.29. The molecule has 1 atom stereocenters. The number of benzene rings is 1. The third-order valence-corrected chi connectivity index (χ3v) is 4.02. The Hall–Kier alpha value is -1.29. The van der Waals surface area contributed by atoms with Gasteiger partial charge in [-0.25, -0.2) is 0 Å². The summed E-state index contributed by atoms with van der Waals surface area (Å²) in [4.78, 5) is 0. The fraction of sp³-hybridized carbons (Fsp3) is 0.375. The molecule has 0 saturated heterocycles. The Morgan fingerprint density at radius 2 is 2.10 bits per heavy atom. The van der Waals surface area contributed by atoms with Crippen molar-refractivity contribution in [3.63, 3.8) is 0 Å². The molecule has 0 unspecified atom stereocenters. The van der Waals surface area contributed by atoms with Crippen LogP contribution in [-0.4, -0.2) is 17.8 Å². The lowest BCUT2D eigenvalue weighted by molar-refractivity contribution is -0.707. The fourth-order valence-corrected chi connectivity index (χ4v) is 2.33. The number of furan rings is 1. The van der Waals surface area contributed by atoms with Gasteiger partial charge in [0, 0.05) is 10.6 Å². The van der Waals surface area contributed by atoms with E-state index in [9.17, 15) is 5.11 Å². The Labute approximate surface area is 124 Å². The van der Waals surface area contributed by atoms with E-state index in [0.717, 1.165) is 40.6 Å². The second-order valence-corrected chi connectivity index (χ2v) is 5.38. The fourth-order valence-electron chi connectivity index (χ4n) is 2.16. The molecule has 0 bridgehead atoms. The predicted molar refractivity (Wildman–Crippen MR) is 80.7 cm³/mol. The predicted octanol–water partition coefficient (Wildman–Crippen LogP) is 2.74. The van der Waals surface area contributed by atoms with Gasteiger partial charge in [0.15, 0.2) is 5.76 Å². The summed E-state index contributed by atoms with van der Waals surface area (Å²) in [6.07, 6.45) is 0.942. The number of nitrogens with two attached hydrogens (primary N) is 1. The van der Waals surface area contributed by atoms with Crippen LogP contribution in [0.2, 0.25) is 5.02 Å². The average molecular weight is 295 g/mol. The minimum atomic E-state index is 0.192. The number of hydrogen-bond donors (Lipinski definition) is 2. The van der Waals surface area contributed by atoms with Crippen molar-refractivity contribution in [3.8, 4) is 11.3 Å². The molecule has 108 valence electrons. The minimum Gasteiger partial charge on any atom is -0.455 e. The van der Waals surface area contributed by atoms with Crippen LogP contribution in [0, 0.1) is 6.92 Å². The third-order valence-electron chi connectivity index (χ3n) is 3.61. The first kappa shape index (κ1) is 15.1. The second kappa shape index (κ2) is 6.93. The maximum atomic E-state index is 9.18. The van der Waals surface area contributed by atoms with Crippen molar-refractivity contribution in [2.24, 2.45) is 0 Å². The molecule has 0 aliphatic heterocycles. The molecule has 0 radical (unpaired) electrons. The van der Waals surface area contributed by atoms with Crippen LogP contribution < -0.4 is 5.32 Å². The standard InChI is InChI=1S/C16H20ClNO2/c1-3-12(10-19)18-9-13-7-8-16(20-13)14-5-4-6-15(17)11(14)2/h4-8,12,18-19H,3,9-10H2,1-2H3/p+1/t12-/m1/s1. The molecule has 1 aromatic heterocycles. The van der Waals surface area contributed by atoms with Crippen molar-refractivity contribution < 1.29 is 14.8 Å². The lowest BCUT2D eigenvalue weighted by atomic mass is 10.1. The summed E-state index contributed by atoms with van der Waals surface area (Å²) in [5, 5.41) is 12.0. The molecule has 0 aliphatic carbocycles. The van der Waals surface area contributed by atoms with Crippen LogP contribution in [0.5, 0.6) is 0 Å². The summed E-state index contributed by atoms with van der Waals surface area (Å²) in [6, 6.07) is 10.0. The van der Waals surface area contributed by atoms with Gasteiger partial charge in [-0.05, 0) is 37.1 Å². The summed E-state index contributed by atoms with van der Waals surface area (Å²) >= 11 is 6.14. The van der Waals surface area contributed by atoms with E-state index in [1.165, 1.54) is 0 Å². The van der Waals surface area contributed by atoms with Gasteiger partial charge in [-0.2, -0.15) is 0 Å². The highest BCUT2D eigenvalue weighted by Gasteiger charge is 2.12. The Bertz CT molecular complexity index is 561. The third kappa shape index (κ3) is 3.42. The van der Waals surface area contributed by atoms with Crippen molar-refractivity contribution in [2.45, 2.75) is 32.9 Å². The minimum absolute atomic E-state index is 0.192. The molecule has 4 heteroatoms. The van der Waals surface area contributed by atoms with E-state index in [1.807, 2.05) is 37.3 Å². The van der Waals surface area contributed by atoms with Crippen LogP contribution in [-0.2, 0) is 6.54 Å². The Balaban J connectivity index is 2.11. The van der Waals surface area contributed by atoms with Crippen LogP contribution in [0.1, 0.15) is 24.7 Å². The molecule has 0 fully saturated rings. The lowest BCUT2D eigenvalue weighted by Gasteiger charge is -2.09. The topological polar surface area (TPSA) is 50.0 Å². The van der Waals surface area contributed by atoms with Gasteiger partial charge in [-0.1, -0.05) is 30.7 Å². The van der Waals surface area contributed by atoms with Gasteiger partial charge >= 0.3 is 0 Å². The SMILES string of the molecule is CC[C@H](CO)[NH2+]Cc1ccc(-c2cccc(Cl)c2C)o1. The van der Waals surface area contributed by atoms with Crippen LogP contribution >= 0.6 is 11.6 Å². The van der Waals surface area contributed by atoms with Crippen LogP contribution in [0.25, 0.3) is 11.3 Å². The molecule has 1 aromatic carbocycles. The van der Waals surface area contributed by atoms with Gasteiger partial charge in [-0.15, -0.1) is 0 Å². The van der Waals surface area contributed by atoms with E-state index < -0.39 is 0 Å². The van der Waals surface area contributed by atoms with Crippen LogP contribution in [0.4, 0.5) is 0 Å². The quantitative estimate of drug-likeness (QED) is 0.861. The molecule has 0 aliphatic rings. The molecule has 1 heterocycles. The zero-order valence-electron chi connectivity index (χ0n) is 11.9. The first-order valence-electron chi connectivity index (χ1n) is 6.94. The maximum absolute atomic E-state index is 9.18. The number of aliphatic hydroxyl groups excluding tert-OH is 1. The van der Waals surface area contributed by atoms with Gasteiger partial charge in [0.05, 0.1) is 6.61 Å². The van der Waals surface area contributed by atoms with E-state index in [2.05, 4.69) is 12.2 Å². The van der Waals surface area contributed by atoms with Gasteiger partial charge in [0.25, 0.3) is 0 Å². The van der Waals surface area contributed by atoms with Crippen LogP contribution in [0.15, 0.2) is 34.7 Å². The van der Waals surface area contributed by atoms with Crippen molar-refractivity contribution in [1.82, 2.24) is 0 Å². The number of aliphatic hydroxyl groups is 1. The number of hydrogen-bond acceptors (Lipinski definition) is 2. The highest BCUT2D eigenvalue weighted by molar-refractivity contribution is 6.31. The summed E-state index contributed by atoms with van der Waals surface area (Å²) in [5.74, 6) is 1.75. The molecule has 3 nitrogen and oxygen atoms in total. The Morgan fingerprint density at radius 3 is 2.80 bits per heavy atom. The Kier molecular flexibility index (Phi) is 5.24. The van der Waals surface area contributed by atoms with E-state index in [0.29, 0.717) is 0 Å². The summed E-state index contributed by atoms with van der Waals surface area (Å²) < 4.78 is 5.87. The second-order valence-electron chi connectivity index (χ2n) is 4.97. The van der Waals surface area contributed by atoms with Crippen molar-refractivity contribution >= 4 is 11.6 Å². The van der Waals surface area contributed by atoms with Crippen molar-refractivity contribution in [2.75, 3.05) is 6.61 Å². The van der Waals surface area contributed by atoms with E-state index >= 15 is 0 Å². The van der Waals surface area contributed by atoms with Gasteiger partial charge in [-0.3, -0.25) is 0 Å². The molecule has 0 amide bonds. The zero-order chi connectivity index (χ0) is 14.5. The summed E-state index contributed by atoms with van der Waals surface area (Å²) in [6.45, 7) is 4.99. The monoisotopic (exact) mass is 294 g/mol. The van der Waals surface area contributed by atoms with E-state index in [-0.39, 0.29) is 12.6 Å². The van der Waals surface area contributed by atoms with E-state index in [4.69, 9.17) is 16.0 Å². The molecule has 2 rings (SSSR count).